The molecule has 0 radical (unpaired) electrons. The summed E-state index contributed by atoms with van der Waals surface area (Å²) in [7, 11) is 1.73. The third-order valence-corrected chi connectivity index (χ3v) is 5.39. The maximum absolute atomic E-state index is 12.4. The highest BCUT2D eigenvalue weighted by Gasteiger charge is 2.58. The van der Waals surface area contributed by atoms with Gasteiger partial charge in [-0.05, 0) is 26.2 Å². The molecule has 2 aliphatic carbocycles. The molecule has 1 amide bonds. The van der Waals surface area contributed by atoms with E-state index in [1.807, 2.05) is 0 Å². The van der Waals surface area contributed by atoms with E-state index in [4.69, 9.17) is 9.26 Å². The third kappa shape index (κ3) is 1.87. The Bertz CT molecular complexity index is 533. The van der Waals surface area contributed by atoms with Crippen LogP contribution in [0, 0.1) is 5.41 Å². The summed E-state index contributed by atoms with van der Waals surface area (Å²) < 4.78 is 10.6. The van der Waals surface area contributed by atoms with Gasteiger partial charge in [0.25, 0.3) is 5.91 Å². The van der Waals surface area contributed by atoms with E-state index in [2.05, 4.69) is 31.2 Å². The molecule has 1 N–H and O–H groups in total. The zero-order valence-electron chi connectivity index (χ0n) is 12.5. The second-order valence-electron chi connectivity index (χ2n) is 6.77. The smallest absolute Gasteiger partial charge is 0.256 e. The lowest BCUT2D eigenvalue weighted by Gasteiger charge is -2.59. The standard InChI is InChI=1S/C15H22N2O3/c1-14(2)11(7-15(14,3)19-4)16-13(18)10-8-20-17-12(10)9-5-6-9/h8-9,11H,5-7H2,1-4H3,(H,16,18)/t11-,15+/m0/s1. The lowest BCUT2D eigenvalue weighted by atomic mass is 9.56. The Morgan fingerprint density at radius 1 is 1.45 bits per heavy atom. The molecule has 0 unspecified atom stereocenters. The van der Waals surface area contributed by atoms with Crippen LogP contribution in [-0.2, 0) is 4.74 Å². The number of carbonyl (C=O) groups is 1. The summed E-state index contributed by atoms with van der Waals surface area (Å²) in [5, 5.41) is 7.07. The number of nitrogens with one attached hydrogen (secondary N) is 1. The summed E-state index contributed by atoms with van der Waals surface area (Å²) in [6.45, 7) is 6.34. The van der Waals surface area contributed by atoms with Crippen molar-refractivity contribution < 1.29 is 14.1 Å². The number of nitrogens with zero attached hydrogens (tertiary/aromatic N) is 1. The summed E-state index contributed by atoms with van der Waals surface area (Å²) in [4.78, 5) is 12.4. The number of rotatable bonds is 4. The first-order chi connectivity index (χ1) is 9.39. The van der Waals surface area contributed by atoms with Gasteiger partial charge >= 0.3 is 0 Å². The maximum Gasteiger partial charge on any atom is 0.256 e. The molecule has 0 aliphatic heterocycles. The number of aromatic nitrogens is 1. The minimum atomic E-state index is -0.182. The second-order valence-corrected chi connectivity index (χ2v) is 6.77. The predicted molar refractivity (Wildman–Crippen MR) is 73.5 cm³/mol. The van der Waals surface area contributed by atoms with Crippen molar-refractivity contribution in [1.29, 1.82) is 0 Å². The summed E-state index contributed by atoms with van der Waals surface area (Å²) in [6.07, 6.45) is 4.49. The monoisotopic (exact) mass is 278 g/mol. The van der Waals surface area contributed by atoms with Crippen LogP contribution < -0.4 is 5.32 Å². The van der Waals surface area contributed by atoms with Gasteiger partial charge in [0.1, 0.15) is 11.8 Å². The molecular weight excluding hydrogens is 256 g/mol. The van der Waals surface area contributed by atoms with E-state index in [1.54, 1.807) is 7.11 Å². The number of hydrogen-bond donors (Lipinski definition) is 1. The van der Waals surface area contributed by atoms with Crippen LogP contribution >= 0.6 is 0 Å². The SMILES string of the molecule is CO[C@]1(C)C[C@H](NC(=O)c2conc2C2CC2)C1(C)C. The number of carbonyl (C=O) groups excluding carboxylic acids is 1. The lowest BCUT2D eigenvalue weighted by molar-refractivity contribution is -0.177. The summed E-state index contributed by atoms with van der Waals surface area (Å²) >= 11 is 0. The fourth-order valence-corrected chi connectivity index (χ4v) is 3.03. The van der Waals surface area contributed by atoms with Crippen molar-refractivity contribution in [3.8, 4) is 0 Å². The van der Waals surface area contributed by atoms with E-state index in [0.717, 1.165) is 25.0 Å². The first kappa shape index (κ1) is 13.6. The normalized spacial score (nSPS) is 31.7. The van der Waals surface area contributed by atoms with Crippen molar-refractivity contribution in [3.63, 3.8) is 0 Å². The van der Waals surface area contributed by atoms with Crippen LogP contribution in [0.25, 0.3) is 0 Å². The Hall–Kier alpha value is -1.36. The van der Waals surface area contributed by atoms with Crippen LogP contribution in [0.5, 0.6) is 0 Å². The molecule has 0 spiro atoms. The van der Waals surface area contributed by atoms with Crippen molar-refractivity contribution in [2.75, 3.05) is 7.11 Å². The van der Waals surface area contributed by atoms with Gasteiger partial charge in [-0.3, -0.25) is 4.79 Å². The molecule has 0 bridgehead atoms. The number of amides is 1. The molecule has 2 atom stereocenters. The Labute approximate surface area is 119 Å². The van der Waals surface area contributed by atoms with Crippen molar-refractivity contribution >= 4 is 5.91 Å². The van der Waals surface area contributed by atoms with E-state index in [1.165, 1.54) is 6.26 Å². The van der Waals surface area contributed by atoms with Gasteiger partial charge in [-0.1, -0.05) is 19.0 Å². The summed E-state index contributed by atoms with van der Waals surface area (Å²) in [5.74, 6) is 0.331. The molecule has 110 valence electrons. The maximum atomic E-state index is 12.4. The van der Waals surface area contributed by atoms with Gasteiger partial charge in [-0.2, -0.15) is 0 Å². The van der Waals surface area contributed by atoms with Crippen LogP contribution in [0.2, 0.25) is 0 Å². The average molecular weight is 278 g/mol. The lowest BCUT2D eigenvalue weighted by Crippen LogP contribution is -2.68. The van der Waals surface area contributed by atoms with Crippen LogP contribution in [-0.4, -0.2) is 29.8 Å². The van der Waals surface area contributed by atoms with Gasteiger partial charge in [-0.15, -0.1) is 0 Å². The quantitative estimate of drug-likeness (QED) is 0.919. The molecule has 5 heteroatoms. The molecular formula is C15H22N2O3. The number of hydrogen-bond acceptors (Lipinski definition) is 4. The van der Waals surface area contributed by atoms with Crippen molar-refractivity contribution in [2.24, 2.45) is 5.41 Å². The van der Waals surface area contributed by atoms with Crippen LogP contribution in [0.15, 0.2) is 10.8 Å². The zero-order valence-corrected chi connectivity index (χ0v) is 12.5. The van der Waals surface area contributed by atoms with Gasteiger partial charge in [0.15, 0.2) is 0 Å². The molecule has 2 saturated carbocycles. The van der Waals surface area contributed by atoms with E-state index in [-0.39, 0.29) is 23.0 Å². The van der Waals surface area contributed by atoms with Gasteiger partial charge in [0.2, 0.25) is 0 Å². The second kappa shape index (κ2) is 4.32. The van der Waals surface area contributed by atoms with E-state index < -0.39 is 0 Å². The minimum Gasteiger partial charge on any atom is -0.378 e. The summed E-state index contributed by atoms with van der Waals surface area (Å²) in [6, 6.07) is 0.113. The van der Waals surface area contributed by atoms with Crippen LogP contribution in [0.4, 0.5) is 0 Å². The molecule has 5 nitrogen and oxygen atoms in total. The molecule has 1 heterocycles. The van der Waals surface area contributed by atoms with Crippen LogP contribution in [0.3, 0.4) is 0 Å². The van der Waals surface area contributed by atoms with Gasteiger partial charge in [-0.25, -0.2) is 0 Å². The Kier molecular flexibility index (Phi) is 2.94. The molecule has 3 rings (SSSR count). The minimum absolute atomic E-state index is 0.0793. The fraction of sp³-hybridized carbons (Fsp3) is 0.733. The number of methoxy groups -OCH3 is 1. The molecule has 2 fully saturated rings. The molecule has 2 aliphatic rings. The van der Waals surface area contributed by atoms with Gasteiger partial charge in [0, 0.05) is 24.5 Å². The fourth-order valence-electron chi connectivity index (χ4n) is 3.03. The van der Waals surface area contributed by atoms with Crippen LogP contribution in [0.1, 0.15) is 62.0 Å². The molecule has 1 aromatic rings. The first-order valence-electron chi connectivity index (χ1n) is 7.19. The third-order valence-electron chi connectivity index (χ3n) is 5.39. The average Bonchev–Trinajstić information content (AvgIpc) is 3.14. The highest BCUT2D eigenvalue weighted by molar-refractivity contribution is 5.95. The van der Waals surface area contributed by atoms with Crippen molar-refractivity contribution in [1.82, 2.24) is 10.5 Å². The van der Waals surface area contributed by atoms with E-state index in [0.29, 0.717) is 11.5 Å². The van der Waals surface area contributed by atoms with E-state index in [9.17, 15) is 4.79 Å². The van der Waals surface area contributed by atoms with Crippen molar-refractivity contribution in [2.45, 2.75) is 57.6 Å². The van der Waals surface area contributed by atoms with Gasteiger partial charge < -0.3 is 14.6 Å². The zero-order chi connectivity index (χ0) is 14.5. The molecule has 0 aromatic carbocycles. The van der Waals surface area contributed by atoms with Crippen molar-refractivity contribution in [3.05, 3.63) is 17.5 Å². The first-order valence-corrected chi connectivity index (χ1v) is 7.19. The Balaban J connectivity index is 1.70. The molecule has 0 saturated heterocycles. The largest absolute Gasteiger partial charge is 0.378 e. The highest BCUT2D eigenvalue weighted by Crippen LogP contribution is 2.51. The Morgan fingerprint density at radius 2 is 2.15 bits per heavy atom. The number of ether oxygens (including phenoxy) is 1. The topological polar surface area (TPSA) is 64.4 Å². The van der Waals surface area contributed by atoms with E-state index >= 15 is 0 Å². The Morgan fingerprint density at radius 3 is 2.70 bits per heavy atom. The molecule has 1 aromatic heterocycles. The molecule has 20 heavy (non-hydrogen) atoms. The van der Waals surface area contributed by atoms with Gasteiger partial charge in [0.05, 0.1) is 11.3 Å². The highest BCUT2D eigenvalue weighted by atomic mass is 16.5. The predicted octanol–water partition coefficient (Wildman–Crippen LogP) is 2.49. The summed E-state index contributed by atoms with van der Waals surface area (Å²) in [5.41, 5.74) is 1.14.